The fourth-order valence-corrected chi connectivity index (χ4v) is 2.58. The monoisotopic (exact) mass is 228 g/mol. The fourth-order valence-electron chi connectivity index (χ4n) is 2.58. The molecule has 0 aromatic carbocycles. The zero-order valence-electron chi connectivity index (χ0n) is 11.4. The average molecular weight is 228 g/mol. The number of hydrogen-bond acceptors (Lipinski definition) is 3. The molecule has 0 amide bonds. The predicted octanol–water partition coefficient (Wildman–Crippen LogP) is 1.73. The summed E-state index contributed by atoms with van der Waals surface area (Å²) in [5.74, 6) is 0. The van der Waals surface area contributed by atoms with Gasteiger partial charge in [0.25, 0.3) is 0 Å². The van der Waals surface area contributed by atoms with Gasteiger partial charge in [0, 0.05) is 32.3 Å². The highest BCUT2D eigenvalue weighted by atomic mass is 16.5. The molecule has 1 atom stereocenters. The summed E-state index contributed by atoms with van der Waals surface area (Å²) in [5, 5.41) is 3.32. The van der Waals surface area contributed by atoms with E-state index >= 15 is 0 Å². The van der Waals surface area contributed by atoms with Crippen LogP contribution in [-0.4, -0.2) is 51.3 Å². The van der Waals surface area contributed by atoms with Gasteiger partial charge < -0.3 is 15.0 Å². The van der Waals surface area contributed by atoms with Gasteiger partial charge in [-0.1, -0.05) is 13.8 Å². The highest BCUT2D eigenvalue weighted by Crippen LogP contribution is 2.24. The number of nitrogens with zero attached hydrogens (tertiary/aromatic N) is 1. The zero-order chi connectivity index (χ0) is 12.0. The molecule has 1 rings (SSSR count). The minimum Gasteiger partial charge on any atom is -0.381 e. The number of ether oxygens (including phenoxy) is 1. The Morgan fingerprint density at radius 1 is 1.38 bits per heavy atom. The van der Waals surface area contributed by atoms with E-state index < -0.39 is 0 Å². The third kappa shape index (κ3) is 4.04. The standard InChI is InChI=1S/C13H28N2O/c1-5-13(2,10-14-3)11-15(4)12-6-8-16-9-7-12/h12,14H,5-11H2,1-4H3. The van der Waals surface area contributed by atoms with Crippen molar-refractivity contribution in [3.63, 3.8) is 0 Å². The van der Waals surface area contributed by atoms with Gasteiger partial charge in [-0.15, -0.1) is 0 Å². The first kappa shape index (κ1) is 13.9. The van der Waals surface area contributed by atoms with Gasteiger partial charge in [-0.3, -0.25) is 0 Å². The van der Waals surface area contributed by atoms with Crippen LogP contribution in [0.2, 0.25) is 0 Å². The molecule has 1 heterocycles. The summed E-state index contributed by atoms with van der Waals surface area (Å²) in [6, 6.07) is 0.719. The fraction of sp³-hybridized carbons (Fsp3) is 1.00. The second kappa shape index (κ2) is 6.58. The highest BCUT2D eigenvalue weighted by molar-refractivity contribution is 4.82. The summed E-state index contributed by atoms with van der Waals surface area (Å²) in [7, 11) is 4.31. The molecule has 1 unspecified atom stereocenters. The normalized spacial score (nSPS) is 22.3. The van der Waals surface area contributed by atoms with Gasteiger partial charge in [-0.2, -0.15) is 0 Å². The van der Waals surface area contributed by atoms with Crippen LogP contribution in [0.1, 0.15) is 33.1 Å². The van der Waals surface area contributed by atoms with Gasteiger partial charge in [0.1, 0.15) is 0 Å². The summed E-state index contributed by atoms with van der Waals surface area (Å²) in [6.45, 7) is 8.80. The van der Waals surface area contributed by atoms with E-state index in [0.29, 0.717) is 5.41 Å². The van der Waals surface area contributed by atoms with Crippen LogP contribution in [0, 0.1) is 5.41 Å². The molecule has 3 nitrogen and oxygen atoms in total. The van der Waals surface area contributed by atoms with Crippen molar-refractivity contribution in [2.24, 2.45) is 5.41 Å². The first-order valence-electron chi connectivity index (χ1n) is 6.54. The smallest absolute Gasteiger partial charge is 0.0480 e. The van der Waals surface area contributed by atoms with Gasteiger partial charge in [0.15, 0.2) is 0 Å². The van der Waals surface area contributed by atoms with E-state index in [2.05, 4.69) is 31.1 Å². The molecular weight excluding hydrogens is 200 g/mol. The molecule has 1 aliphatic heterocycles. The van der Waals surface area contributed by atoms with Crippen LogP contribution in [0.5, 0.6) is 0 Å². The van der Waals surface area contributed by atoms with Crippen molar-refractivity contribution in [3.05, 3.63) is 0 Å². The number of nitrogens with one attached hydrogen (secondary N) is 1. The molecule has 0 aromatic heterocycles. The molecule has 0 aliphatic carbocycles. The topological polar surface area (TPSA) is 24.5 Å². The van der Waals surface area contributed by atoms with E-state index in [0.717, 1.165) is 25.8 Å². The van der Waals surface area contributed by atoms with Crippen LogP contribution < -0.4 is 5.32 Å². The van der Waals surface area contributed by atoms with Crippen LogP contribution in [0.15, 0.2) is 0 Å². The quantitative estimate of drug-likeness (QED) is 0.749. The second-order valence-electron chi connectivity index (χ2n) is 5.45. The SMILES string of the molecule is CCC(C)(CNC)CN(C)C1CCOCC1. The van der Waals surface area contributed by atoms with E-state index in [1.807, 2.05) is 7.05 Å². The van der Waals surface area contributed by atoms with Crippen molar-refractivity contribution in [3.8, 4) is 0 Å². The summed E-state index contributed by atoms with van der Waals surface area (Å²) in [5.41, 5.74) is 0.391. The predicted molar refractivity (Wildman–Crippen MR) is 68.8 cm³/mol. The highest BCUT2D eigenvalue weighted by Gasteiger charge is 2.27. The Bertz CT molecular complexity index is 192. The molecule has 1 aliphatic rings. The molecule has 1 fully saturated rings. The van der Waals surface area contributed by atoms with Gasteiger partial charge in [-0.05, 0) is 38.8 Å². The van der Waals surface area contributed by atoms with Crippen molar-refractivity contribution in [1.82, 2.24) is 10.2 Å². The van der Waals surface area contributed by atoms with E-state index in [-0.39, 0.29) is 0 Å². The molecule has 0 spiro atoms. The van der Waals surface area contributed by atoms with E-state index in [1.165, 1.54) is 25.8 Å². The minimum absolute atomic E-state index is 0.391. The van der Waals surface area contributed by atoms with Crippen molar-refractivity contribution in [2.45, 2.75) is 39.2 Å². The Morgan fingerprint density at radius 3 is 2.50 bits per heavy atom. The Morgan fingerprint density at radius 2 is 2.00 bits per heavy atom. The lowest BCUT2D eigenvalue weighted by atomic mass is 9.86. The van der Waals surface area contributed by atoms with Crippen LogP contribution in [-0.2, 0) is 4.74 Å². The minimum atomic E-state index is 0.391. The number of hydrogen-bond donors (Lipinski definition) is 1. The summed E-state index contributed by atoms with van der Waals surface area (Å²) < 4.78 is 5.41. The Hall–Kier alpha value is -0.120. The van der Waals surface area contributed by atoms with E-state index in [4.69, 9.17) is 4.74 Å². The maximum Gasteiger partial charge on any atom is 0.0480 e. The van der Waals surface area contributed by atoms with Crippen LogP contribution in [0.25, 0.3) is 0 Å². The van der Waals surface area contributed by atoms with Crippen LogP contribution in [0.4, 0.5) is 0 Å². The first-order valence-corrected chi connectivity index (χ1v) is 6.54. The summed E-state index contributed by atoms with van der Waals surface area (Å²) in [6.07, 6.45) is 3.60. The van der Waals surface area contributed by atoms with Crippen LogP contribution >= 0.6 is 0 Å². The molecule has 16 heavy (non-hydrogen) atoms. The van der Waals surface area contributed by atoms with Crippen molar-refractivity contribution >= 4 is 0 Å². The molecule has 0 radical (unpaired) electrons. The first-order chi connectivity index (χ1) is 7.61. The Balaban J connectivity index is 2.43. The molecule has 0 saturated carbocycles. The van der Waals surface area contributed by atoms with Gasteiger partial charge in [0.05, 0.1) is 0 Å². The Kier molecular flexibility index (Phi) is 5.73. The van der Waals surface area contributed by atoms with Crippen molar-refractivity contribution < 1.29 is 4.74 Å². The molecule has 1 N–H and O–H groups in total. The molecule has 0 aromatic rings. The van der Waals surface area contributed by atoms with E-state index in [1.54, 1.807) is 0 Å². The summed E-state index contributed by atoms with van der Waals surface area (Å²) in [4.78, 5) is 2.53. The molecule has 3 heteroatoms. The molecule has 96 valence electrons. The van der Waals surface area contributed by atoms with Gasteiger partial charge >= 0.3 is 0 Å². The zero-order valence-corrected chi connectivity index (χ0v) is 11.4. The van der Waals surface area contributed by atoms with Gasteiger partial charge in [-0.25, -0.2) is 0 Å². The van der Waals surface area contributed by atoms with E-state index in [9.17, 15) is 0 Å². The lowest BCUT2D eigenvalue weighted by molar-refractivity contribution is 0.0289. The number of rotatable bonds is 6. The molecular formula is C13H28N2O. The maximum atomic E-state index is 5.41. The molecule has 1 saturated heterocycles. The lowest BCUT2D eigenvalue weighted by Crippen LogP contribution is -2.45. The van der Waals surface area contributed by atoms with Crippen molar-refractivity contribution in [1.29, 1.82) is 0 Å². The third-order valence-electron chi connectivity index (χ3n) is 3.90. The summed E-state index contributed by atoms with van der Waals surface area (Å²) >= 11 is 0. The second-order valence-corrected chi connectivity index (χ2v) is 5.45. The largest absolute Gasteiger partial charge is 0.381 e. The maximum absolute atomic E-state index is 5.41. The molecule has 0 bridgehead atoms. The average Bonchev–Trinajstić information content (AvgIpc) is 2.30. The van der Waals surface area contributed by atoms with Gasteiger partial charge in [0.2, 0.25) is 0 Å². The lowest BCUT2D eigenvalue weighted by Gasteiger charge is -2.38. The van der Waals surface area contributed by atoms with Crippen LogP contribution in [0.3, 0.4) is 0 Å². The van der Waals surface area contributed by atoms with Crippen molar-refractivity contribution in [2.75, 3.05) is 40.4 Å². The Labute approximate surface area is 101 Å². The third-order valence-corrected chi connectivity index (χ3v) is 3.90.